The summed E-state index contributed by atoms with van der Waals surface area (Å²) in [4.78, 5) is 14.7. The Kier molecular flexibility index (Phi) is 4.52. The number of benzene rings is 2. The summed E-state index contributed by atoms with van der Waals surface area (Å²) in [6, 6.07) is 16.2. The summed E-state index contributed by atoms with van der Waals surface area (Å²) >= 11 is 0. The minimum absolute atomic E-state index is 0.0215. The summed E-state index contributed by atoms with van der Waals surface area (Å²) in [7, 11) is 0. The number of aromatic nitrogens is 2. The molecule has 1 aliphatic rings. The second-order valence-corrected chi connectivity index (χ2v) is 7.14. The van der Waals surface area contributed by atoms with Gasteiger partial charge >= 0.3 is 0 Å². The monoisotopic (exact) mass is 363 g/mol. The van der Waals surface area contributed by atoms with E-state index in [9.17, 15) is 9.18 Å². The normalized spacial score (nSPS) is 16.3. The Hall–Kier alpha value is -2.95. The molecule has 5 heteroatoms. The average Bonchev–Trinajstić information content (AvgIpc) is 2.93. The molecule has 2 aromatic carbocycles. The van der Waals surface area contributed by atoms with Crippen molar-refractivity contribution in [3.63, 3.8) is 0 Å². The maximum Gasteiger partial charge on any atom is 0.254 e. The fourth-order valence-electron chi connectivity index (χ4n) is 3.59. The number of nitrogens with zero attached hydrogens (tertiary/aromatic N) is 3. The van der Waals surface area contributed by atoms with Crippen LogP contribution in [0.15, 0.2) is 54.6 Å². The molecule has 4 nitrogen and oxygen atoms in total. The van der Waals surface area contributed by atoms with E-state index in [4.69, 9.17) is 0 Å². The van der Waals surface area contributed by atoms with E-state index in [0.717, 1.165) is 35.5 Å². The first-order valence-corrected chi connectivity index (χ1v) is 9.18. The Morgan fingerprint density at radius 3 is 2.37 bits per heavy atom. The van der Waals surface area contributed by atoms with E-state index in [1.54, 1.807) is 12.1 Å². The molecule has 1 atom stereocenters. The Labute approximate surface area is 158 Å². The molecule has 4 rings (SSSR count). The lowest BCUT2D eigenvalue weighted by atomic mass is 9.93. The van der Waals surface area contributed by atoms with Gasteiger partial charge in [0.2, 0.25) is 0 Å². The molecule has 0 bridgehead atoms. The van der Waals surface area contributed by atoms with Crippen LogP contribution in [0.25, 0.3) is 0 Å². The van der Waals surface area contributed by atoms with E-state index in [-0.39, 0.29) is 17.8 Å². The van der Waals surface area contributed by atoms with Gasteiger partial charge in [0.15, 0.2) is 0 Å². The van der Waals surface area contributed by atoms with Gasteiger partial charge in [0.1, 0.15) is 5.82 Å². The number of likely N-dealkylation sites (tertiary alicyclic amines) is 1. The van der Waals surface area contributed by atoms with Gasteiger partial charge in [-0.3, -0.25) is 9.48 Å². The summed E-state index contributed by atoms with van der Waals surface area (Å²) in [6.45, 7) is 5.44. The van der Waals surface area contributed by atoms with Crippen LogP contribution in [-0.2, 0) is 6.54 Å². The van der Waals surface area contributed by atoms with Crippen molar-refractivity contribution in [1.82, 2.24) is 14.7 Å². The van der Waals surface area contributed by atoms with Crippen molar-refractivity contribution in [3.8, 4) is 0 Å². The van der Waals surface area contributed by atoms with Crippen LogP contribution in [0, 0.1) is 19.7 Å². The van der Waals surface area contributed by atoms with E-state index < -0.39 is 0 Å². The SMILES string of the molecule is Cc1cc(C)n(Cc2ccc(C(=O)N3CC[C@H]3c3ccc(F)cc3)cc2)n1. The maximum atomic E-state index is 13.1. The van der Waals surface area contributed by atoms with Crippen molar-refractivity contribution in [3.05, 3.63) is 88.5 Å². The molecular formula is C22H22FN3O. The first kappa shape index (κ1) is 17.5. The molecule has 1 amide bonds. The van der Waals surface area contributed by atoms with Gasteiger partial charge in [-0.05, 0) is 61.7 Å². The third-order valence-electron chi connectivity index (χ3n) is 5.17. The first-order chi connectivity index (χ1) is 13.0. The van der Waals surface area contributed by atoms with Crippen LogP contribution in [0.5, 0.6) is 0 Å². The molecule has 1 saturated heterocycles. The number of carbonyl (C=O) groups excluding carboxylic acids is 1. The fourth-order valence-corrected chi connectivity index (χ4v) is 3.59. The van der Waals surface area contributed by atoms with Gasteiger partial charge in [0.25, 0.3) is 5.91 Å². The van der Waals surface area contributed by atoms with Crippen molar-refractivity contribution in [2.45, 2.75) is 32.9 Å². The van der Waals surface area contributed by atoms with Gasteiger partial charge in [-0.1, -0.05) is 24.3 Å². The summed E-state index contributed by atoms with van der Waals surface area (Å²) in [5.74, 6) is -0.234. The van der Waals surface area contributed by atoms with Gasteiger partial charge in [0.05, 0.1) is 18.3 Å². The predicted octanol–water partition coefficient (Wildman–Crippen LogP) is 4.27. The fraction of sp³-hybridized carbons (Fsp3) is 0.273. The van der Waals surface area contributed by atoms with Crippen LogP contribution in [0.3, 0.4) is 0 Å². The van der Waals surface area contributed by atoms with E-state index >= 15 is 0 Å². The number of hydrogen-bond acceptors (Lipinski definition) is 2. The third-order valence-corrected chi connectivity index (χ3v) is 5.17. The number of halogens is 1. The Morgan fingerprint density at radius 1 is 1.11 bits per heavy atom. The molecule has 0 aliphatic carbocycles. The zero-order valence-electron chi connectivity index (χ0n) is 15.5. The Morgan fingerprint density at radius 2 is 1.81 bits per heavy atom. The molecule has 1 aliphatic heterocycles. The largest absolute Gasteiger partial charge is 0.331 e. The maximum absolute atomic E-state index is 13.1. The molecule has 27 heavy (non-hydrogen) atoms. The Balaban J connectivity index is 1.46. The number of aryl methyl sites for hydroxylation is 2. The van der Waals surface area contributed by atoms with Crippen molar-refractivity contribution in [2.75, 3.05) is 6.54 Å². The number of amides is 1. The molecule has 0 saturated carbocycles. The number of rotatable bonds is 4. The molecule has 3 aromatic rings. The minimum Gasteiger partial charge on any atom is -0.331 e. The van der Waals surface area contributed by atoms with Crippen LogP contribution in [-0.4, -0.2) is 27.1 Å². The van der Waals surface area contributed by atoms with Crippen molar-refractivity contribution in [1.29, 1.82) is 0 Å². The van der Waals surface area contributed by atoms with E-state index in [0.29, 0.717) is 12.1 Å². The lowest BCUT2D eigenvalue weighted by molar-refractivity contribution is 0.0460. The van der Waals surface area contributed by atoms with Crippen LogP contribution in [0.1, 0.15) is 45.3 Å². The zero-order valence-corrected chi connectivity index (χ0v) is 15.5. The lowest BCUT2D eigenvalue weighted by Crippen LogP contribution is -2.45. The molecule has 1 aromatic heterocycles. The van der Waals surface area contributed by atoms with Gasteiger partial charge in [-0.25, -0.2) is 4.39 Å². The van der Waals surface area contributed by atoms with Crippen molar-refractivity contribution >= 4 is 5.91 Å². The quantitative estimate of drug-likeness (QED) is 0.694. The van der Waals surface area contributed by atoms with Crippen LogP contribution in [0.4, 0.5) is 4.39 Å². The average molecular weight is 363 g/mol. The lowest BCUT2D eigenvalue weighted by Gasteiger charge is -2.41. The van der Waals surface area contributed by atoms with Crippen molar-refractivity contribution in [2.24, 2.45) is 0 Å². The highest BCUT2D eigenvalue weighted by Crippen LogP contribution is 2.34. The van der Waals surface area contributed by atoms with Gasteiger partial charge in [-0.2, -0.15) is 5.10 Å². The van der Waals surface area contributed by atoms with Gasteiger partial charge < -0.3 is 4.90 Å². The van der Waals surface area contributed by atoms with Crippen LogP contribution in [0.2, 0.25) is 0 Å². The molecular weight excluding hydrogens is 341 g/mol. The molecule has 0 unspecified atom stereocenters. The minimum atomic E-state index is -0.255. The highest BCUT2D eigenvalue weighted by molar-refractivity contribution is 5.95. The summed E-state index contributed by atoms with van der Waals surface area (Å²) in [5.41, 5.74) is 4.90. The van der Waals surface area contributed by atoms with Crippen LogP contribution < -0.4 is 0 Å². The van der Waals surface area contributed by atoms with Crippen molar-refractivity contribution < 1.29 is 9.18 Å². The van der Waals surface area contributed by atoms with Gasteiger partial charge in [-0.15, -0.1) is 0 Å². The van der Waals surface area contributed by atoms with E-state index in [1.807, 2.05) is 47.7 Å². The first-order valence-electron chi connectivity index (χ1n) is 9.18. The summed E-state index contributed by atoms with van der Waals surface area (Å²) < 4.78 is 15.1. The standard InChI is InChI=1S/C22H22FN3O/c1-15-13-16(2)26(24-15)14-17-3-5-19(6-4-17)22(27)25-12-11-21(25)18-7-9-20(23)10-8-18/h3-10,13,21H,11-12,14H2,1-2H3/t21-/m0/s1. The molecule has 1 fully saturated rings. The molecule has 0 radical (unpaired) electrons. The van der Waals surface area contributed by atoms with Crippen LogP contribution >= 0.6 is 0 Å². The zero-order chi connectivity index (χ0) is 19.0. The smallest absolute Gasteiger partial charge is 0.254 e. The van der Waals surface area contributed by atoms with E-state index in [2.05, 4.69) is 11.2 Å². The molecule has 138 valence electrons. The highest BCUT2D eigenvalue weighted by Gasteiger charge is 2.33. The van der Waals surface area contributed by atoms with Gasteiger partial charge in [0, 0.05) is 17.8 Å². The Bertz CT molecular complexity index is 960. The molecule has 2 heterocycles. The molecule has 0 spiro atoms. The number of carbonyl (C=O) groups is 1. The highest BCUT2D eigenvalue weighted by atomic mass is 19.1. The summed E-state index contributed by atoms with van der Waals surface area (Å²) in [5, 5.41) is 4.48. The second-order valence-electron chi connectivity index (χ2n) is 7.14. The molecule has 0 N–H and O–H groups in total. The summed E-state index contributed by atoms with van der Waals surface area (Å²) in [6.07, 6.45) is 0.910. The second kappa shape index (κ2) is 6.99. The van der Waals surface area contributed by atoms with E-state index in [1.165, 1.54) is 12.1 Å². The third kappa shape index (κ3) is 3.50. The topological polar surface area (TPSA) is 38.1 Å². The number of hydrogen-bond donors (Lipinski definition) is 0. The predicted molar refractivity (Wildman–Crippen MR) is 102 cm³/mol.